The van der Waals surface area contributed by atoms with Crippen LogP contribution in [0.25, 0.3) is 0 Å². The Balaban J connectivity index is 1.82. The summed E-state index contributed by atoms with van der Waals surface area (Å²) >= 11 is 0. The first-order valence-electron chi connectivity index (χ1n) is 8.20. The smallest absolute Gasteiger partial charge is 0.239 e. The number of rotatable bonds is 3. The zero-order valence-corrected chi connectivity index (χ0v) is 13.2. The molecule has 2 atom stereocenters. The van der Waals surface area contributed by atoms with Gasteiger partial charge in [-0.25, -0.2) is 0 Å². The number of nitrogens with zero attached hydrogens (tertiary/aromatic N) is 2. The molecule has 20 heavy (non-hydrogen) atoms. The number of hydrogen-bond donors (Lipinski definition) is 1. The summed E-state index contributed by atoms with van der Waals surface area (Å²) in [5, 5.41) is 9.65. The first-order chi connectivity index (χ1) is 9.49. The van der Waals surface area contributed by atoms with Gasteiger partial charge in [0.05, 0.1) is 12.1 Å². The minimum absolute atomic E-state index is 0.00152. The molecule has 0 radical (unpaired) electrons. The number of piperidine rings is 2. The van der Waals surface area contributed by atoms with Gasteiger partial charge in [-0.3, -0.25) is 9.69 Å². The highest BCUT2D eigenvalue weighted by molar-refractivity contribution is 5.81. The maximum absolute atomic E-state index is 12.6. The van der Waals surface area contributed by atoms with E-state index in [4.69, 9.17) is 0 Å². The maximum atomic E-state index is 12.6. The predicted octanol–water partition coefficient (Wildman–Crippen LogP) is 1.73. The van der Waals surface area contributed by atoms with E-state index in [0.29, 0.717) is 11.8 Å². The average Bonchev–Trinajstić information content (AvgIpc) is 2.46. The van der Waals surface area contributed by atoms with Gasteiger partial charge in [0.2, 0.25) is 5.91 Å². The van der Waals surface area contributed by atoms with Gasteiger partial charge in [0.1, 0.15) is 0 Å². The second kappa shape index (κ2) is 6.90. The number of amides is 1. The average molecular weight is 282 g/mol. The van der Waals surface area contributed by atoms with Crippen molar-refractivity contribution in [3.8, 4) is 0 Å². The SMILES string of the molecule is CC1CCN(C(=O)C(C)N2CCC(C(C)O)CC2)CC1. The summed E-state index contributed by atoms with van der Waals surface area (Å²) in [6.07, 6.45) is 4.08. The van der Waals surface area contributed by atoms with Crippen LogP contribution in [0.3, 0.4) is 0 Å². The van der Waals surface area contributed by atoms with E-state index in [1.807, 2.05) is 18.7 Å². The van der Waals surface area contributed by atoms with E-state index in [1.165, 1.54) is 0 Å². The van der Waals surface area contributed by atoms with E-state index in [1.54, 1.807) is 0 Å². The Morgan fingerprint density at radius 3 is 2.10 bits per heavy atom. The lowest BCUT2D eigenvalue weighted by atomic mass is 9.91. The number of aliphatic hydroxyl groups is 1. The molecule has 116 valence electrons. The lowest BCUT2D eigenvalue weighted by Crippen LogP contribution is -2.51. The van der Waals surface area contributed by atoms with Crippen LogP contribution in [0, 0.1) is 11.8 Å². The van der Waals surface area contributed by atoms with Gasteiger partial charge >= 0.3 is 0 Å². The largest absolute Gasteiger partial charge is 0.393 e. The van der Waals surface area contributed by atoms with E-state index < -0.39 is 0 Å². The summed E-state index contributed by atoms with van der Waals surface area (Å²) in [5.74, 6) is 1.47. The van der Waals surface area contributed by atoms with Crippen molar-refractivity contribution in [2.24, 2.45) is 11.8 Å². The fraction of sp³-hybridized carbons (Fsp3) is 0.938. The summed E-state index contributed by atoms with van der Waals surface area (Å²) in [6, 6.07) is -0.00152. The maximum Gasteiger partial charge on any atom is 0.239 e. The number of likely N-dealkylation sites (tertiary alicyclic amines) is 2. The molecule has 2 rings (SSSR count). The molecule has 2 saturated heterocycles. The number of carbonyl (C=O) groups excluding carboxylic acids is 1. The van der Waals surface area contributed by atoms with Crippen molar-refractivity contribution >= 4 is 5.91 Å². The van der Waals surface area contributed by atoms with Crippen LogP contribution < -0.4 is 0 Å². The second-order valence-electron chi connectivity index (χ2n) is 6.80. The number of carbonyl (C=O) groups is 1. The molecule has 0 aromatic heterocycles. The molecule has 4 heteroatoms. The molecule has 0 aromatic carbocycles. The molecule has 2 unspecified atom stereocenters. The van der Waals surface area contributed by atoms with Crippen LogP contribution >= 0.6 is 0 Å². The Morgan fingerprint density at radius 1 is 1.05 bits per heavy atom. The molecule has 0 aromatic rings. The molecule has 0 bridgehead atoms. The quantitative estimate of drug-likeness (QED) is 0.857. The normalized spacial score (nSPS) is 26.5. The van der Waals surface area contributed by atoms with Crippen molar-refractivity contribution in [1.29, 1.82) is 0 Å². The Labute approximate surface area is 123 Å². The van der Waals surface area contributed by atoms with Crippen molar-refractivity contribution in [3.05, 3.63) is 0 Å². The van der Waals surface area contributed by atoms with Gasteiger partial charge in [-0.1, -0.05) is 6.92 Å². The van der Waals surface area contributed by atoms with E-state index in [-0.39, 0.29) is 12.1 Å². The van der Waals surface area contributed by atoms with Crippen molar-refractivity contribution in [3.63, 3.8) is 0 Å². The van der Waals surface area contributed by atoms with Crippen molar-refractivity contribution in [2.75, 3.05) is 26.2 Å². The van der Waals surface area contributed by atoms with E-state index >= 15 is 0 Å². The van der Waals surface area contributed by atoms with Crippen LogP contribution in [0.1, 0.15) is 46.5 Å². The summed E-state index contributed by atoms with van der Waals surface area (Å²) in [7, 11) is 0. The third-order valence-corrected chi connectivity index (χ3v) is 5.26. The van der Waals surface area contributed by atoms with Crippen LogP contribution in [-0.2, 0) is 4.79 Å². The molecule has 4 nitrogen and oxygen atoms in total. The highest BCUT2D eigenvalue weighted by Gasteiger charge is 2.31. The fourth-order valence-corrected chi connectivity index (χ4v) is 3.44. The Bertz CT molecular complexity index is 316. The third-order valence-electron chi connectivity index (χ3n) is 5.26. The van der Waals surface area contributed by atoms with E-state index in [0.717, 1.165) is 57.8 Å². The minimum atomic E-state index is -0.216. The van der Waals surface area contributed by atoms with Crippen LogP contribution in [0.2, 0.25) is 0 Å². The summed E-state index contributed by atoms with van der Waals surface area (Å²) in [6.45, 7) is 9.92. The van der Waals surface area contributed by atoms with Crippen molar-refractivity contribution in [2.45, 2.75) is 58.6 Å². The Kier molecular flexibility index (Phi) is 5.44. The molecular formula is C16H30N2O2. The zero-order valence-electron chi connectivity index (χ0n) is 13.2. The van der Waals surface area contributed by atoms with Gasteiger partial charge in [-0.15, -0.1) is 0 Å². The van der Waals surface area contributed by atoms with Crippen LogP contribution in [0.15, 0.2) is 0 Å². The molecule has 0 spiro atoms. The molecular weight excluding hydrogens is 252 g/mol. The molecule has 2 heterocycles. The van der Waals surface area contributed by atoms with Gasteiger partial charge < -0.3 is 10.0 Å². The fourth-order valence-electron chi connectivity index (χ4n) is 3.44. The van der Waals surface area contributed by atoms with Crippen molar-refractivity contribution < 1.29 is 9.90 Å². The Morgan fingerprint density at radius 2 is 1.60 bits per heavy atom. The molecule has 1 amide bonds. The Hall–Kier alpha value is -0.610. The van der Waals surface area contributed by atoms with Gasteiger partial charge in [0.25, 0.3) is 0 Å². The van der Waals surface area contributed by atoms with Crippen LogP contribution in [-0.4, -0.2) is 59.1 Å². The summed E-state index contributed by atoms with van der Waals surface area (Å²) < 4.78 is 0. The van der Waals surface area contributed by atoms with Crippen LogP contribution in [0.4, 0.5) is 0 Å². The minimum Gasteiger partial charge on any atom is -0.393 e. The van der Waals surface area contributed by atoms with Gasteiger partial charge in [0.15, 0.2) is 0 Å². The van der Waals surface area contributed by atoms with E-state index in [9.17, 15) is 9.90 Å². The van der Waals surface area contributed by atoms with Crippen LogP contribution in [0.5, 0.6) is 0 Å². The summed E-state index contributed by atoms with van der Waals surface area (Å²) in [5.41, 5.74) is 0. The van der Waals surface area contributed by atoms with Gasteiger partial charge in [0, 0.05) is 13.1 Å². The molecule has 0 aliphatic carbocycles. The summed E-state index contributed by atoms with van der Waals surface area (Å²) in [4.78, 5) is 16.9. The molecule has 1 N–H and O–H groups in total. The van der Waals surface area contributed by atoms with Crippen molar-refractivity contribution in [1.82, 2.24) is 9.80 Å². The zero-order chi connectivity index (χ0) is 14.7. The van der Waals surface area contributed by atoms with Gasteiger partial charge in [-0.05, 0) is 64.5 Å². The number of aliphatic hydroxyl groups excluding tert-OH is 1. The molecule has 0 saturated carbocycles. The highest BCUT2D eigenvalue weighted by Crippen LogP contribution is 2.23. The topological polar surface area (TPSA) is 43.8 Å². The predicted molar refractivity (Wildman–Crippen MR) is 80.4 cm³/mol. The monoisotopic (exact) mass is 282 g/mol. The second-order valence-corrected chi connectivity index (χ2v) is 6.80. The molecule has 2 fully saturated rings. The third kappa shape index (κ3) is 3.73. The highest BCUT2D eigenvalue weighted by atomic mass is 16.3. The standard InChI is InChI=1S/C16H30N2O2/c1-12-4-8-18(9-5-12)16(20)13(2)17-10-6-15(7-11-17)14(3)19/h12-15,19H,4-11H2,1-3H3. The van der Waals surface area contributed by atoms with Gasteiger partial charge in [-0.2, -0.15) is 0 Å². The molecule has 2 aliphatic rings. The lowest BCUT2D eigenvalue weighted by molar-refractivity contribution is -0.138. The first kappa shape index (κ1) is 15.8. The number of hydrogen-bond acceptors (Lipinski definition) is 3. The lowest BCUT2D eigenvalue weighted by Gasteiger charge is -2.39. The molecule has 2 aliphatic heterocycles. The van der Waals surface area contributed by atoms with E-state index in [2.05, 4.69) is 11.8 Å². The first-order valence-corrected chi connectivity index (χ1v) is 8.20.